The Morgan fingerprint density at radius 2 is 1.27 bits per heavy atom. The van der Waals surface area contributed by atoms with Gasteiger partial charge in [0.25, 0.3) is 0 Å². The van der Waals surface area contributed by atoms with E-state index < -0.39 is 11.7 Å². The molecule has 3 aromatic carbocycles. The van der Waals surface area contributed by atoms with Gasteiger partial charge in [-0.1, -0.05) is 30.3 Å². The summed E-state index contributed by atoms with van der Waals surface area (Å²) < 4.78 is 27.4. The molecule has 2 atom stereocenters. The summed E-state index contributed by atoms with van der Waals surface area (Å²) in [6.07, 6.45) is -0.428. The molecule has 0 unspecified atom stereocenters. The molecule has 200 valence electrons. The van der Waals surface area contributed by atoms with Crippen LogP contribution < -0.4 is 29.0 Å². The van der Waals surface area contributed by atoms with Crippen LogP contribution in [0.4, 0.5) is 0 Å². The van der Waals surface area contributed by atoms with Gasteiger partial charge in [-0.2, -0.15) is 0 Å². The monoisotopic (exact) mass is 511 g/mol. The number of hydrogen-bond donors (Lipinski definition) is 3. The summed E-state index contributed by atoms with van der Waals surface area (Å²) in [7, 11) is 6.24. The van der Waals surface area contributed by atoms with Crippen molar-refractivity contribution >= 4 is 0 Å². The van der Waals surface area contributed by atoms with Gasteiger partial charge in [0.05, 0.1) is 28.4 Å². The third kappa shape index (κ3) is 7.07. The van der Waals surface area contributed by atoms with Crippen molar-refractivity contribution in [3.8, 4) is 28.7 Å². The average molecular weight is 512 g/mol. The van der Waals surface area contributed by atoms with Gasteiger partial charge in [-0.05, 0) is 60.9 Å². The van der Waals surface area contributed by atoms with Gasteiger partial charge in [0.2, 0.25) is 0 Å². The molecule has 0 spiro atoms. The lowest BCUT2D eigenvalue weighted by atomic mass is 9.81. The maximum Gasteiger partial charge on any atom is 0.161 e. The van der Waals surface area contributed by atoms with E-state index >= 15 is 0 Å². The third-order valence-corrected chi connectivity index (χ3v) is 6.21. The maximum absolute atomic E-state index is 12.2. The quantitative estimate of drug-likeness (QED) is 0.301. The van der Waals surface area contributed by atoms with E-state index in [1.54, 1.807) is 52.7 Å². The van der Waals surface area contributed by atoms with Gasteiger partial charge < -0.3 is 39.2 Å². The zero-order chi connectivity index (χ0) is 26.8. The standard InChI is InChI=1S/C29H37NO7/c1-20(30-18-23(31)19-37-24-9-7-6-8-10-24)17-29(32,21-11-13-25(33-2)27(15-21)35-4)22-12-14-26(34-3)28(16-22)36-5/h6-16,20,23,30-32H,17-19H2,1-5H3/t20-,23-/m0/s1. The smallest absolute Gasteiger partial charge is 0.161 e. The molecular formula is C29H37NO7. The van der Waals surface area contributed by atoms with E-state index in [1.807, 2.05) is 49.4 Å². The van der Waals surface area contributed by atoms with Crippen LogP contribution in [0, 0.1) is 0 Å². The topological polar surface area (TPSA) is 98.6 Å². The third-order valence-electron chi connectivity index (χ3n) is 6.21. The molecule has 0 heterocycles. The highest BCUT2D eigenvalue weighted by molar-refractivity contribution is 5.51. The molecule has 3 aromatic rings. The van der Waals surface area contributed by atoms with E-state index in [0.29, 0.717) is 52.8 Å². The molecule has 37 heavy (non-hydrogen) atoms. The Morgan fingerprint density at radius 3 is 1.76 bits per heavy atom. The predicted molar refractivity (Wildman–Crippen MR) is 142 cm³/mol. The van der Waals surface area contributed by atoms with Crippen molar-refractivity contribution in [3.05, 3.63) is 77.9 Å². The molecule has 0 saturated heterocycles. The Balaban J connectivity index is 1.82. The van der Waals surface area contributed by atoms with Crippen LogP contribution in [0.15, 0.2) is 66.7 Å². The molecule has 0 aliphatic carbocycles. The van der Waals surface area contributed by atoms with E-state index in [1.165, 1.54) is 0 Å². The number of nitrogens with one attached hydrogen (secondary N) is 1. The van der Waals surface area contributed by atoms with Crippen LogP contribution in [0.3, 0.4) is 0 Å². The fraction of sp³-hybridized carbons (Fsp3) is 0.379. The summed E-state index contributed by atoms with van der Waals surface area (Å²) in [5.74, 6) is 2.84. The van der Waals surface area contributed by atoms with Gasteiger partial charge in [-0.3, -0.25) is 0 Å². The fourth-order valence-corrected chi connectivity index (χ4v) is 4.21. The molecule has 8 nitrogen and oxygen atoms in total. The normalized spacial score (nSPS) is 12.9. The second-order valence-corrected chi connectivity index (χ2v) is 8.79. The van der Waals surface area contributed by atoms with Crippen LogP contribution in [-0.2, 0) is 5.60 Å². The Hall–Kier alpha value is -3.46. The summed E-state index contributed by atoms with van der Waals surface area (Å²) in [5.41, 5.74) is -0.172. The zero-order valence-corrected chi connectivity index (χ0v) is 22.1. The highest BCUT2D eigenvalue weighted by atomic mass is 16.5. The lowest BCUT2D eigenvalue weighted by molar-refractivity contribution is 0.0552. The maximum atomic E-state index is 12.2. The van der Waals surface area contributed by atoms with Crippen molar-refractivity contribution in [2.24, 2.45) is 0 Å². The number of rotatable bonds is 14. The number of benzene rings is 3. The second-order valence-electron chi connectivity index (χ2n) is 8.79. The largest absolute Gasteiger partial charge is 0.493 e. The van der Waals surface area contributed by atoms with Crippen molar-refractivity contribution in [3.63, 3.8) is 0 Å². The van der Waals surface area contributed by atoms with Crippen LogP contribution in [0.5, 0.6) is 28.7 Å². The molecule has 0 saturated carbocycles. The highest BCUT2D eigenvalue weighted by Gasteiger charge is 2.35. The molecule has 3 N–H and O–H groups in total. The summed E-state index contributed by atoms with van der Waals surface area (Å²) >= 11 is 0. The minimum Gasteiger partial charge on any atom is -0.493 e. The molecular weight excluding hydrogens is 474 g/mol. The lowest BCUT2D eigenvalue weighted by Crippen LogP contribution is -2.41. The summed E-state index contributed by atoms with van der Waals surface area (Å²) in [6, 6.07) is 19.9. The lowest BCUT2D eigenvalue weighted by Gasteiger charge is -2.33. The van der Waals surface area contributed by atoms with E-state index in [4.69, 9.17) is 23.7 Å². The van der Waals surface area contributed by atoms with Crippen LogP contribution in [0.1, 0.15) is 24.5 Å². The predicted octanol–water partition coefficient (Wildman–Crippen LogP) is 3.77. The number of para-hydroxylation sites is 1. The van der Waals surface area contributed by atoms with Gasteiger partial charge in [-0.25, -0.2) is 0 Å². The highest BCUT2D eigenvalue weighted by Crippen LogP contribution is 2.41. The zero-order valence-electron chi connectivity index (χ0n) is 22.1. The van der Waals surface area contributed by atoms with Crippen LogP contribution in [0.25, 0.3) is 0 Å². The van der Waals surface area contributed by atoms with Crippen molar-refractivity contribution in [1.82, 2.24) is 5.32 Å². The van der Waals surface area contributed by atoms with Gasteiger partial charge in [0.1, 0.15) is 24.1 Å². The molecule has 0 amide bonds. The molecule has 0 radical (unpaired) electrons. The number of ether oxygens (including phenoxy) is 5. The van der Waals surface area contributed by atoms with Gasteiger partial charge in [0.15, 0.2) is 23.0 Å². The Labute approximate surface area is 218 Å². The first-order chi connectivity index (χ1) is 17.8. The molecule has 0 fully saturated rings. The Bertz CT molecular complexity index is 1070. The number of aliphatic hydroxyl groups excluding tert-OH is 1. The minimum atomic E-state index is -1.42. The van der Waals surface area contributed by atoms with Crippen molar-refractivity contribution in [2.45, 2.75) is 31.1 Å². The second kappa shape index (κ2) is 13.2. The molecule has 0 aromatic heterocycles. The first-order valence-electron chi connectivity index (χ1n) is 12.1. The van der Waals surface area contributed by atoms with Crippen LogP contribution in [0.2, 0.25) is 0 Å². The molecule has 8 heteroatoms. The summed E-state index contributed by atoms with van der Waals surface area (Å²) in [4.78, 5) is 0. The molecule has 0 aliphatic heterocycles. The molecule has 3 rings (SSSR count). The first-order valence-corrected chi connectivity index (χ1v) is 12.1. The van der Waals surface area contributed by atoms with Gasteiger partial charge in [0, 0.05) is 12.6 Å². The van der Waals surface area contributed by atoms with Gasteiger partial charge in [-0.15, -0.1) is 0 Å². The fourth-order valence-electron chi connectivity index (χ4n) is 4.21. The molecule has 0 bridgehead atoms. The summed E-state index contributed by atoms with van der Waals surface area (Å²) in [6.45, 7) is 2.40. The van der Waals surface area contributed by atoms with Crippen molar-refractivity contribution in [2.75, 3.05) is 41.6 Å². The van der Waals surface area contributed by atoms with E-state index in [-0.39, 0.29) is 12.6 Å². The number of hydrogen-bond acceptors (Lipinski definition) is 8. The van der Waals surface area contributed by atoms with Gasteiger partial charge >= 0.3 is 0 Å². The van der Waals surface area contributed by atoms with E-state index in [9.17, 15) is 10.2 Å². The SMILES string of the molecule is COc1ccc(C(O)(C[C@H](C)NC[C@H](O)COc2ccccc2)c2ccc(OC)c(OC)c2)cc1OC. The van der Waals surface area contributed by atoms with Crippen LogP contribution >= 0.6 is 0 Å². The summed E-state index contributed by atoms with van der Waals surface area (Å²) in [5, 5.41) is 25.9. The van der Waals surface area contributed by atoms with Crippen LogP contribution in [-0.4, -0.2) is 63.9 Å². The molecule has 0 aliphatic rings. The Kier molecular flexibility index (Phi) is 10.0. The first kappa shape index (κ1) is 28.1. The van der Waals surface area contributed by atoms with E-state index in [2.05, 4.69) is 5.32 Å². The minimum absolute atomic E-state index is 0.152. The Morgan fingerprint density at radius 1 is 0.757 bits per heavy atom. The van der Waals surface area contributed by atoms with Crippen molar-refractivity contribution < 1.29 is 33.9 Å². The van der Waals surface area contributed by atoms with E-state index in [0.717, 1.165) is 0 Å². The average Bonchev–Trinajstić information content (AvgIpc) is 2.94. The van der Waals surface area contributed by atoms with Crippen molar-refractivity contribution in [1.29, 1.82) is 0 Å². The number of methoxy groups -OCH3 is 4. The number of aliphatic hydroxyl groups is 2.